The molecule has 0 spiro atoms. The van der Waals surface area contributed by atoms with E-state index < -0.39 is 5.97 Å². The number of aliphatic carboxylic acids is 1. The Hall–Kier alpha value is -1.10. The molecule has 0 aliphatic carbocycles. The highest BCUT2D eigenvalue weighted by molar-refractivity contribution is 5.79. The Morgan fingerprint density at radius 3 is 2.53 bits per heavy atom. The van der Waals surface area contributed by atoms with E-state index in [2.05, 4.69) is 31.4 Å². The minimum absolute atomic E-state index is 0.0181. The van der Waals surface area contributed by atoms with Gasteiger partial charge in [-0.2, -0.15) is 0 Å². The van der Waals surface area contributed by atoms with Crippen LogP contribution in [0.5, 0.6) is 0 Å². The summed E-state index contributed by atoms with van der Waals surface area (Å²) in [6.45, 7) is 8.27. The van der Waals surface area contributed by atoms with Gasteiger partial charge in [-0.3, -0.25) is 9.59 Å². The topological polar surface area (TPSA) is 78.4 Å². The molecule has 5 heteroatoms. The van der Waals surface area contributed by atoms with Crippen molar-refractivity contribution in [1.82, 2.24) is 10.6 Å². The third-order valence-corrected chi connectivity index (χ3v) is 3.69. The summed E-state index contributed by atoms with van der Waals surface area (Å²) in [6.07, 6.45) is 0.946. The van der Waals surface area contributed by atoms with Crippen molar-refractivity contribution in [3.05, 3.63) is 0 Å². The first-order valence-electron chi connectivity index (χ1n) is 7.10. The lowest BCUT2D eigenvalue weighted by atomic mass is 9.93. The average molecular weight is 270 g/mol. The summed E-state index contributed by atoms with van der Waals surface area (Å²) in [7, 11) is 0. The summed E-state index contributed by atoms with van der Waals surface area (Å²) in [5.41, 5.74) is 0. The molecule has 19 heavy (non-hydrogen) atoms. The molecule has 0 saturated carbocycles. The van der Waals surface area contributed by atoms with E-state index in [1.54, 1.807) is 0 Å². The molecule has 1 heterocycles. The quantitative estimate of drug-likeness (QED) is 0.647. The van der Waals surface area contributed by atoms with Gasteiger partial charge in [-0.15, -0.1) is 0 Å². The fraction of sp³-hybridized carbons (Fsp3) is 0.857. The molecule has 1 aliphatic heterocycles. The number of hydrogen-bond acceptors (Lipinski definition) is 3. The summed E-state index contributed by atoms with van der Waals surface area (Å²) in [4.78, 5) is 22.9. The van der Waals surface area contributed by atoms with E-state index in [-0.39, 0.29) is 24.2 Å². The van der Waals surface area contributed by atoms with Crippen LogP contribution in [-0.4, -0.2) is 36.6 Å². The Morgan fingerprint density at radius 1 is 1.37 bits per heavy atom. The van der Waals surface area contributed by atoms with E-state index in [0.717, 1.165) is 19.5 Å². The molecule has 0 unspecified atom stereocenters. The molecule has 0 bridgehead atoms. The Kier molecular flexibility index (Phi) is 6.28. The van der Waals surface area contributed by atoms with Gasteiger partial charge < -0.3 is 15.7 Å². The lowest BCUT2D eigenvalue weighted by molar-refractivity contribution is -0.138. The van der Waals surface area contributed by atoms with Gasteiger partial charge in [0.25, 0.3) is 0 Å². The first-order chi connectivity index (χ1) is 8.90. The van der Waals surface area contributed by atoms with Crippen molar-refractivity contribution >= 4 is 11.9 Å². The second-order valence-corrected chi connectivity index (χ2v) is 6.08. The third kappa shape index (κ3) is 5.59. The Balaban J connectivity index is 2.41. The molecule has 110 valence electrons. The van der Waals surface area contributed by atoms with Gasteiger partial charge in [-0.1, -0.05) is 20.8 Å². The fourth-order valence-corrected chi connectivity index (χ4v) is 2.69. The zero-order valence-electron chi connectivity index (χ0n) is 12.1. The lowest BCUT2D eigenvalue weighted by Crippen LogP contribution is -2.37. The van der Waals surface area contributed by atoms with Gasteiger partial charge in [0.1, 0.15) is 0 Å². The number of rotatable bonds is 7. The number of nitrogens with one attached hydrogen (secondary N) is 2. The summed E-state index contributed by atoms with van der Waals surface area (Å²) in [5.74, 6) is 0.0828. The van der Waals surface area contributed by atoms with Crippen LogP contribution in [0.4, 0.5) is 0 Å². The highest BCUT2D eigenvalue weighted by Gasteiger charge is 2.29. The second kappa shape index (κ2) is 7.48. The lowest BCUT2D eigenvalue weighted by Gasteiger charge is -2.20. The SMILES string of the molecule is CC(C)C[C@H](CNC(=O)[C@H]1CNC[C@@H]1C)CC(=O)O. The monoisotopic (exact) mass is 270 g/mol. The minimum atomic E-state index is -0.796. The Labute approximate surface area is 115 Å². The van der Waals surface area contributed by atoms with Crippen molar-refractivity contribution in [3.63, 3.8) is 0 Å². The number of amides is 1. The first kappa shape index (κ1) is 16.0. The summed E-state index contributed by atoms with van der Waals surface area (Å²) in [6, 6.07) is 0. The van der Waals surface area contributed by atoms with E-state index >= 15 is 0 Å². The maximum atomic E-state index is 12.0. The Morgan fingerprint density at radius 2 is 2.05 bits per heavy atom. The van der Waals surface area contributed by atoms with E-state index in [1.807, 2.05) is 0 Å². The summed E-state index contributed by atoms with van der Waals surface area (Å²) < 4.78 is 0. The molecule has 0 aromatic heterocycles. The van der Waals surface area contributed by atoms with E-state index in [1.165, 1.54) is 0 Å². The third-order valence-electron chi connectivity index (χ3n) is 3.69. The van der Waals surface area contributed by atoms with Gasteiger partial charge in [-0.25, -0.2) is 0 Å². The summed E-state index contributed by atoms with van der Waals surface area (Å²) >= 11 is 0. The molecule has 5 nitrogen and oxygen atoms in total. The van der Waals surface area contributed by atoms with Crippen molar-refractivity contribution in [2.24, 2.45) is 23.7 Å². The molecule has 3 N–H and O–H groups in total. The van der Waals surface area contributed by atoms with Gasteiger partial charge in [0.15, 0.2) is 0 Å². The predicted octanol–water partition coefficient (Wildman–Crippen LogP) is 1.10. The van der Waals surface area contributed by atoms with Gasteiger partial charge in [0.05, 0.1) is 5.92 Å². The van der Waals surface area contributed by atoms with Crippen molar-refractivity contribution in [3.8, 4) is 0 Å². The smallest absolute Gasteiger partial charge is 0.303 e. The zero-order chi connectivity index (χ0) is 14.4. The highest BCUT2D eigenvalue weighted by Crippen LogP contribution is 2.18. The van der Waals surface area contributed by atoms with Crippen LogP contribution in [0.3, 0.4) is 0 Å². The van der Waals surface area contributed by atoms with Crippen molar-refractivity contribution in [2.45, 2.75) is 33.6 Å². The minimum Gasteiger partial charge on any atom is -0.481 e. The van der Waals surface area contributed by atoms with Crippen LogP contribution >= 0.6 is 0 Å². The van der Waals surface area contributed by atoms with Crippen LogP contribution in [0.1, 0.15) is 33.6 Å². The molecule has 0 radical (unpaired) electrons. The van der Waals surface area contributed by atoms with Crippen LogP contribution in [0.2, 0.25) is 0 Å². The fourth-order valence-electron chi connectivity index (χ4n) is 2.69. The van der Waals surface area contributed by atoms with Crippen LogP contribution in [0.25, 0.3) is 0 Å². The molecular weight excluding hydrogens is 244 g/mol. The second-order valence-electron chi connectivity index (χ2n) is 6.08. The maximum Gasteiger partial charge on any atom is 0.303 e. The standard InChI is InChI=1S/C14H26N2O3/c1-9(2)4-11(5-13(17)18)7-16-14(19)12-8-15-6-10(12)3/h9-12,15H,4-8H2,1-3H3,(H,16,19)(H,17,18)/t10-,11-,12-/m0/s1. The number of carboxylic acids is 1. The van der Waals surface area contributed by atoms with Gasteiger partial charge in [0.2, 0.25) is 5.91 Å². The summed E-state index contributed by atoms with van der Waals surface area (Å²) in [5, 5.41) is 15.0. The normalized spacial score (nSPS) is 24.4. The van der Waals surface area contributed by atoms with Crippen LogP contribution in [0, 0.1) is 23.7 Å². The van der Waals surface area contributed by atoms with Gasteiger partial charge in [0, 0.05) is 19.5 Å². The van der Waals surface area contributed by atoms with Crippen LogP contribution in [0.15, 0.2) is 0 Å². The Bertz CT molecular complexity index is 318. The highest BCUT2D eigenvalue weighted by atomic mass is 16.4. The zero-order valence-corrected chi connectivity index (χ0v) is 12.1. The molecule has 0 aromatic carbocycles. The van der Waals surface area contributed by atoms with Crippen molar-refractivity contribution in [1.29, 1.82) is 0 Å². The number of hydrogen-bond donors (Lipinski definition) is 3. The van der Waals surface area contributed by atoms with Crippen molar-refractivity contribution in [2.75, 3.05) is 19.6 Å². The first-order valence-corrected chi connectivity index (χ1v) is 7.10. The van der Waals surface area contributed by atoms with E-state index in [0.29, 0.717) is 18.4 Å². The van der Waals surface area contributed by atoms with E-state index in [4.69, 9.17) is 5.11 Å². The number of carboxylic acid groups (broad SMARTS) is 1. The predicted molar refractivity (Wildman–Crippen MR) is 73.7 cm³/mol. The largest absolute Gasteiger partial charge is 0.481 e. The molecule has 1 saturated heterocycles. The molecule has 1 aliphatic rings. The number of carbonyl (C=O) groups is 2. The molecule has 0 aromatic rings. The molecule has 3 atom stereocenters. The molecule has 1 fully saturated rings. The average Bonchev–Trinajstić information content (AvgIpc) is 2.70. The molecule has 1 rings (SSSR count). The van der Waals surface area contributed by atoms with Crippen molar-refractivity contribution < 1.29 is 14.7 Å². The maximum absolute atomic E-state index is 12.0. The molecule has 1 amide bonds. The van der Waals surface area contributed by atoms with Gasteiger partial charge >= 0.3 is 5.97 Å². The van der Waals surface area contributed by atoms with E-state index in [9.17, 15) is 9.59 Å². The van der Waals surface area contributed by atoms with Crippen LogP contribution in [-0.2, 0) is 9.59 Å². The molecular formula is C14H26N2O3. The van der Waals surface area contributed by atoms with Crippen LogP contribution < -0.4 is 10.6 Å². The van der Waals surface area contributed by atoms with Gasteiger partial charge in [-0.05, 0) is 30.7 Å². The number of carbonyl (C=O) groups excluding carboxylic acids is 1.